The van der Waals surface area contributed by atoms with Gasteiger partial charge in [-0.15, -0.1) is 0 Å². The minimum Gasteiger partial charge on any atom is -0.497 e. The molecular weight excluding hydrogens is 302 g/mol. The summed E-state index contributed by atoms with van der Waals surface area (Å²) in [5.41, 5.74) is 1.26. The quantitative estimate of drug-likeness (QED) is 0.571. The van der Waals surface area contributed by atoms with Gasteiger partial charge in [-0.3, -0.25) is 0 Å². The summed E-state index contributed by atoms with van der Waals surface area (Å²) in [6.45, 7) is 6.59. The van der Waals surface area contributed by atoms with Gasteiger partial charge in [0.1, 0.15) is 5.75 Å². The highest BCUT2D eigenvalue weighted by atomic mass is 79.9. The van der Waals surface area contributed by atoms with Crippen molar-refractivity contribution in [2.75, 3.05) is 20.2 Å². The van der Waals surface area contributed by atoms with E-state index >= 15 is 0 Å². The molecule has 0 radical (unpaired) electrons. The van der Waals surface area contributed by atoms with Crippen LogP contribution in [-0.2, 0) is 6.42 Å². The Balaban J connectivity index is 2.31. The second kappa shape index (κ2) is 9.16. The van der Waals surface area contributed by atoms with Gasteiger partial charge in [0, 0.05) is 4.47 Å². The molecule has 1 rings (SSSR count). The Morgan fingerprint density at radius 2 is 2.11 bits per heavy atom. The van der Waals surface area contributed by atoms with Gasteiger partial charge in [0.2, 0.25) is 0 Å². The first-order valence-electron chi connectivity index (χ1n) is 6.81. The lowest BCUT2D eigenvalue weighted by Gasteiger charge is -2.06. The maximum absolute atomic E-state index is 5.24. The number of halogens is 1. The van der Waals surface area contributed by atoms with Gasteiger partial charge < -0.3 is 10.1 Å². The molecule has 0 fully saturated rings. The molecule has 0 aromatic heterocycles. The second-order valence-corrected chi connectivity index (χ2v) is 5.87. The van der Waals surface area contributed by atoms with Crippen LogP contribution in [-0.4, -0.2) is 20.2 Å². The van der Waals surface area contributed by atoms with E-state index in [-0.39, 0.29) is 0 Å². The molecule has 106 valence electrons. The summed E-state index contributed by atoms with van der Waals surface area (Å²) in [4.78, 5) is 0. The fourth-order valence-corrected chi connectivity index (χ4v) is 2.15. The average Bonchev–Trinajstić information content (AvgIpc) is 2.39. The molecule has 0 saturated heterocycles. The van der Waals surface area contributed by atoms with Crippen LogP contribution in [0.25, 0.3) is 0 Å². The van der Waals surface area contributed by atoms with Crippen molar-refractivity contribution in [3.05, 3.63) is 40.4 Å². The maximum Gasteiger partial charge on any atom is 0.119 e. The molecule has 19 heavy (non-hydrogen) atoms. The summed E-state index contributed by atoms with van der Waals surface area (Å²) in [6.07, 6.45) is 6.46. The van der Waals surface area contributed by atoms with Crippen LogP contribution in [0, 0.1) is 5.92 Å². The standard InChI is InChI=1S/C16H24BrNO/c1-13(2)12-18-10-6-4-5-7-14-11-15(19-3)8-9-16(14)17/h4-5,8-9,11,13,18H,6-7,10,12H2,1-3H3. The van der Waals surface area contributed by atoms with Crippen LogP contribution in [0.3, 0.4) is 0 Å². The Hall–Kier alpha value is -0.800. The van der Waals surface area contributed by atoms with Crippen LogP contribution < -0.4 is 10.1 Å². The summed E-state index contributed by atoms with van der Waals surface area (Å²) in [6, 6.07) is 6.07. The van der Waals surface area contributed by atoms with Crippen LogP contribution >= 0.6 is 15.9 Å². The van der Waals surface area contributed by atoms with E-state index in [9.17, 15) is 0 Å². The topological polar surface area (TPSA) is 21.3 Å². The Kier molecular flexibility index (Phi) is 7.84. The number of ether oxygens (including phenoxy) is 1. The minimum absolute atomic E-state index is 0.719. The van der Waals surface area contributed by atoms with E-state index in [1.54, 1.807) is 7.11 Å². The first-order chi connectivity index (χ1) is 9.13. The molecule has 0 unspecified atom stereocenters. The second-order valence-electron chi connectivity index (χ2n) is 5.02. The molecule has 1 aromatic rings. The van der Waals surface area contributed by atoms with Crippen molar-refractivity contribution in [3.63, 3.8) is 0 Å². The Morgan fingerprint density at radius 1 is 1.32 bits per heavy atom. The smallest absolute Gasteiger partial charge is 0.119 e. The largest absolute Gasteiger partial charge is 0.497 e. The molecule has 3 heteroatoms. The van der Waals surface area contributed by atoms with E-state index in [1.807, 2.05) is 12.1 Å². The fourth-order valence-electron chi connectivity index (χ4n) is 1.74. The van der Waals surface area contributed by atoms with Gasteiger partial charge in [-0.2, -0.15) is 0 Å². The normalized spacial score (nSPS) is 11.4. The number of rotatable bonds is 8. The molecule has 0 amide bonds. The molecule has 0 atom stereocenters. The molecule has 1 N–H and O–H groups in total. The molecule has 0 heterocycles. The zero-order valence-electron chi connectivity index (χ0n) is 12.1. The summed E-state index contributed by atoms with van der Waals surface area (Å²) >= 11 is 3.57. The summed E-state index contributed by atoms with van der Waals surface area (Å²) in [5, 5.41) is 3.43. The SMILES string of the molecule is COc1ccc(Br)c(CC=CCCNCC(C)C)c1. The van der Waals surface area contributed by atoms with Crippen molar-refractivity contribution < 1.29 is 4.74 Å². The zero-order chi connectivity index (χ0) is 14.1. The van der Waals surface area contributed by atoms with E-state index in [0.717, 1.165) is 42.1 Å². The van der Waals surface area contributed by atoms with E-state index < -0.39 is 0 Å². The summed E-state index contributed by atoms with van der Waals surface area (Å²) < 4.78 is 6.37. The van der Waals surface area contributed by atoms with E-state index in [2.05, 4.69) is 53.3 Å². The average molecular weight is 326 g/mol. The zero-order valence-corrected chi connectivity index (χ0v) is 13.7. The van der Waals surface area contributed by atoms with Crippen molar-refractivity contribution >= 4 is 15.9 Å². The Morgan fingerprint density at radius 3 is 2.79 bits per heavy atom. The molecule has 0 aliphatic carbocycles. The minimum atomic E-state index is 0.719. The van der Waals surface area contributed by atoms with Crippen LogP contribution in [0.2, 0.25) is 0 Å². The third-order valence-electron chi connectivity index (χ3n) is 2.80. The lowest BCUT2D eigenvalue weighted by molar-refractivity contribution is 0.414. The van der Waals surface area contributed by atoms with Crippen molar-refractivity contribution in [1.29, 1.82) is 0 Å². The van der Waals surface area contributed by atoms with Gasteiger partial charge in [0.05, 0.1) is 7.11 Å². The molecule has 2 nitrogen and oxygen atoms in total. The van der Waals surface area contributed by atoms with Crippen LogP contribution in [0.4, 0.5) is 0 Å². The van der Waals surface area contributed by atoms with Crippen molar-refractivity contribution in [2.24, 2.45) is 5.92 Å². The van der Waals surface area contributed by atoms with Crippen molar-refractivity contribution in [2.45, 2.75) is 26.7 Å². The van der Waals surface area contributed by atoms with Gasteiger partial charge in [-0.25, -0.2) is 0 Å². The Bertz CT molecular complexity index is 402. The molecule has 0 bridgehead atoms. The predicted molar refractivity (Wildman–Crippen MR) is 85.9 cm³/mol. The summed E-state index contributed by atoms with van der Waals surface area (Å²) in [5.74, 6) is 1.63. The summed E-state index contributed by atoms with van der Waals surface area (Å²) in [7, 11) is 1.70. The highest BCUT2D eigenvalue weighted by Gasteiger charge is 2.00. The number of hydrogen-bond acceptors (Lipinski definition) is 2. The van der Waals surface area contributed by atoms with Gasteiger partial charge >= 0.3 is 0 Å². The van der Waals surface area contributed by atoms with Gasteiger partial charge in [0.15, 0.2) is 0 Å². The number of benzene rings is 1. The van der Waals surface area contributed by atoms with Crippen LogP contribution in [0.5, 0.6) is 5.75 Å². The lowest BCUT2D eigenvalue weighted by atomic mass is 10.1. The van der Waals surface area contributed by atoms with Gasteiger partial charge in [0.25, 0.3) is 0 Å². The molecule has 0 saturated carbocycles. The van der Waals surface area contributed by atoms with Crippen LogP contribution in [0.15, 0.2) is 34.8 Å². The number of nitrogens with one attached hydrogen (secondary N) is 1. The Labute approximate surface area is 125 Å². The number of allylic oxidation sites excluding steroid dienone is 1. The van der Waals surface area contributed by atoms with Crippen molar-refractivity contribution in [1.82, 2.24) is 5.32 Å². The first kappa shape index (κ1) is 16.3. The van der Waals surface area contributed by atoms with Gasteiger partial charge in [-0.1, -0.05) is 41.9 Å². The van der Waals surface area contributed by atoms with Gasteiger partial charge in [-0.05, 0) is 55.6 Å². The third kappa shape index (κ3) is 6.79. The number of hydrogen-bond donors (Lipinski definition) is 1. The monoisotopic (exact) mass is 325 g/mol. The number of methoxy groups -OCH3 is 1. The first-order valence-corrected chi connectivity index (χ1v) is 7.61. The third-order valence-corrected chi connectivity index (χ3v) is 3.57. The maximum atomic E-state index is 5.24. The molecule has 0 spiro atoms. The predicted octanol–water partition coefficient (Wildman–Crippen LogP) is 4.19. The molecule has 0 aliphatic heterocycles. The van der Waals surface area contributed by atoms with Crippen molar-refractivity contribution in [3.8, 4) is 5.75 Å². The fraction of sp³-hybridized carbons (Fsp3) is 0.500. The molecular formula is C16H24BrNO. The molecule has 0 aliphatic rings. The highest BCUT2D eigenvalue weighted by Crippen LogP contribution is 2.23. The lowest BCUT2D eigenvalue weighted by Crippen LogP contribution is -2.20. The van der Waals surface area contributed by atoms with Crippen LogP contribution in [0.1, 0.15) is 25.8 Å². The highest BCUT2D eigenvalue weighted by molar-refractivity contribution is 9.10. The van der Waals surface area contributed by atoms with E-state index in [4.69, 9.17) is 4.74 Å². The molecule has 1 aromatic carbocycles. The van der Waals surface area contributed by atoms with E-state index in [1.165, 1.54) is 5.56 Å². The van der Waals surface area contributed by atoms with E-state index in [0.29, 0.717) is 0 Å².